The van der Waals surface area contributed by atoms with Gasteiger partial charge >= 0.3 is 5.97 Å². The van der Waals surface area contributed by atoms with Gasteiger partial charge in [0.05, 0.1) is 6.61 Å². The molecule has 0 fully saturated rings. The highest BCUT2D eigenvalue weighted by Crippen LogP contribution is 2.44. The molecule has 5 nitrogen and oxygen atoms in total. The third kappa shape index (κ3) is 4.75. The lowest BCUT2D eigenvalue weighted by atomic mass is 9.87. The van der Waals surface area contributed by atoms with Crippen LogP contribution >= 0.6 is 11.3 Å². The summed E-state index contributed by atoms with van der Waals surface area (Å²) in [6.07, 6.45) is -0.275. The van der Waals surface area contributed by atoms with Crippen molar-refractivity contribution >= 4 is 23.0 Å². The molecular formula is C25H27NO4S. The number of hydrogen-bond donors (Lipinski definition) is 1. The van der Waals surface area contributed by atoms with E-state index in [-0.39, 0.29) is 5.97 Å². The molecule has 2 atom stereocenters. The second kappa shape index (κ2) is 9.12. The molecule has 1 aliphatic heterocycles. The average Bonchev–Trinajstić information content (AvgIpc) is 3.31. The van der Waals surface area contributed by atoms with Crippen LogP contribution in [0.2, 0.25) is 0 Å². The molecule has 0 bridgehead atoms. The van der Waals surface area contributed by atoms with E-state index in [1.165, 1.54) is 16.9 Å². The molecule has 1 N–H and O–H groups in total. The van der Waals surface area contributed by atoms with Gasteiger partial charge in [0.15, 0.2) is 6.10 Å². The van der Waals surface area contributed by atoms with Gasteiger partial charge in [0.2, 0.25) is 0 Å². The van der Waals surface area contributed by atoms with E-state index in [0.717, 1.165) is 23.4 Å². The van der Waals surface area contributed by atoms with Crippen LogP contribution in [0.25, 0.3) is 0 Å². The zero-order chi connectivity index (χ0) is 21.8. The third-order valence-corrected chi connectivity index (χ3v) is 6.28. The number of carbonyl (C=O) groups excluding carboxylic acids is 1. The summed E-state index contributed by atoms with van der Waals surface area (Å²) < 4.78 is 18.7. The second-order valence-corrected chi connectivity index (χ2v) is 8.99. The standard InChI is InChI=1S/C25H27NO4S/c1-25(2)23(29-24(27)21-10-7-15-31-21)22(28-14-13-17-8-5-4-6-9-17)19-16-18(26-3)11-12-20(19)30-25/h4-12,15-16,22-23,26H,13-14H2,1-3H3. The van der Waals surface area contributed by atoms with Crippen molar-refractivity contribution in [2.75, 3.05) is 19.0 Å². The first-order valence-electron chi connectivity index (χ1n) is 10.4. The molecule has 6 heteroatoms. The first-order chi connectivity index (χ1) is 15.0. The molecule has 162 valence electrons. The van der Waals surface area contributed by atoms with Crippen molar-refractivity contribution in [3.05, 3.63) is 82.0 Å². The average molecular weight is 438 g/mol. The summed E-state index contributed by atoms with van der Waals surface area (Å²) in [7, 11) is 1.87. The first-order valence-corrected chi connectivity index (χ1v) is 11.3. The number of fused-ring (bicyclic) bond motifs is 1. The number of hydrogen-bond acceptors (Lipinski definition) is 6. The van der Waals surface area contributed by atoms with Gasteiger partial charge in [0.25, 0.3) is 0 Å². The Bertz CT molecular complexity index is 1020. The van der Waals surface area contributed by atoms with Crippen LogP contribution in [-0.4, -0.2) is 31.3 Å². The summed E-state index contributed by atoms with van der Waals surface area (Å²) in [6, 6.07) is 19.7. The minimum atomic E-state index is -0.751. The molecule has 2 unspecified atom stereocenters. The number of thiophene rings is 1. The topological polar surface area (TPSA) is 56.8 Å². The normalized spacial score (nSPS) is 19.2. The minimum absolute atomic E-state index is 0.360. The minimum Gasteiger partial charge on any atom is -0.483 e. The van der Waals surface area contributed by atoms with E-state index in [4.69, 9.17) is 14.2 Å². The fourth-order valence-electron chi connectivity index (χ4n) is 3.79. The molecule has 4 rings (SSSR count). The van der Waals surface area contributed by atoms with Crippen molar-refractivity contribution in [1.82, 2.24) is 0 Å². The Morgan fingerprint density at radius 1 is 1.13 bits per heavy atom. The van der Waals surface area contributed by atoms with Gasteiger partial charge in [0.1, 0.15) is 22.3 Å². The number of rotatable bonds is 7. The summed E-state index contributed by atoms with van der Waals surface area (Å²) >= 11 is 1.36. The van der Waals surface area contributed by atoms with Crippen molar-refractivity contribution in [2.45, 2.75) is 38.1 Å². The summed E-state index contributed by atoms with van der Waals surface area (Å²) in [5.41, 5.74) is 2.27. The lowest BCUT2D eigenvalue weighted by Crippen LogP contribution is -2.51. The first kappa shape index (κ1) is 21.4. The van der Waals surface area contributed by atoms with Crippen LogP contribution in [0, 0.1) is 0 Å². The SMILES string of the molecule is CNc1ccc2c(c1)C(OCCc1ccccc1)C(OC(=O)c1cccs1)C(C)(C)O2. The molecule has 31 heavy (non-hydrogen) atoms. The Labute approximate surface area is 187 Å². The van der Waals surface area contributed by atoms with Gasteiger partial charge in [0, 0.05) is 18.3 Å². The Hall–Kier alpha value is -2.83. The molecular weight excluding hydrogens is 410 g/mol. The van der Waals surface area contributed by atoms with Gasteiger partial charge in [-0.05, 0) is 55.5 Å². The summed E-state index contributed by atoms with van der Waals surface area (Å²) in [6.45, 7) is 4.37. The summed E-state index contributed by atoms with van der Waals surface area (Å²) in [4.78, 5) is 13.4. The zero-order valence-corrected chi connectivity index (χ0v) is 18.8. The molecule has 1 aromatic heterocycles. The third-order valence-electron chi connectivity index (χ3n) is 5.43. The number of benzene rings is 2. The van der Waals surface area contributed by atoms with Gasteiger partial charge in [-0.1, -0.05) is 36.4 Å². The maximum atomic E-state index is 12.8. The molecule has 0 radical (unpaired) electrons. The molecule has 0 aliphatic carbocycles. The predicted molar refractivity (Wildman–Crippen MR) is 123 cm³/mol. The smallest absolute Gasteiger partial charge is 0.348 e. The number of carbonyl (C=O) groups is 1. The van der Waals surface area contributed by atoms with Gasteiger partial charge in [-0.15, -0.1) is 11.3 Å². The monoisotopic (exact) mass is 437 g/mol. The van der Waals surface area contributed by atoms with Gasteiger partial charge in [-0.3, -0.25) is 0 Å². The number of ether oxygens (including phenoxy) is 3. The molecule has 2 heterocycles. The van der Waals surface area contributed by atoms with Crippen molar-refractivity contribution in [1.29, 1.82) is 0 Å². The van der Waals surface area contributed by atoms with E-state index in [1.54, 1.807) is 6.07 Å². The van der Waals surface area contributed by atoms with E-state index in [1.807, 2.05) is 68.7 Å². The van der Waals surface area contributed by atoms with Crippen LogP contribution in [0.5, 0.6) is 5.75 Å². The number of nitrogens with one attached hydrogen (secondary N) is 1. The van der Waals surface area contributed by atoms with E-state index in [9.17, 15) is 4.79 Å². The molecule has 2 aromatic carbocycles. The Morgan fingerprint density at radius 2 is 1.94 bits per heavy atom. The van der Waals surface area contributed by atoms with Gasteiger partial charge in [-0.2, -0.15) is 0 Å². The second-order valence-electron chi connectivity index (χ2n) is 8.04. The Kier molecular flexibility index (Phi) is 6.30. The molecule has 1 aliphatic rings. The van der Waals surface area contributed by atoms with Crippen molar-refractivity contribution in [2.24, 2.45) is 0 Å². The lowest BCUT2D eigenvalue weighted by Gasteiger charge is -2.43. The van der Waals surface area contributed by atoms with Crippen molar-refractivity contribution in [3.8, 4) is 5.75 Å². The van der Waals surface area contributed by atoms with Crippen molar-refractivity contribution in [3.63, 3.8) is 0 Å². The molecule has 0 spiro atoms. The highest BCUT2D eigenvalue weighted by molar-refractivity contribution is 7.11. The van der Waals surface area contributed by atoms with Crippen LogP contribution in [0.15, 0.2) is 66.0 Å². The fraction of sp³-hybridized carbons (Fsp3) is 0.320. The van der Waals surface area contributed by atoms with Crippen LogP contribution in [0.1, 0.15) is 40.8 Å². The largest absolute Gasteiger partial charge is 0.483 e. The van der Waals surface area contributed by atoms with Crippen LogP contribution in [-0.2, 0) is 15.9 Å². The van der Waals surface area contributed by atoms with E-state index >= 15 is 0 Å². The van der Waals surface area contributed by atoms with Gasteiger partial charge in [-0.25, -0.2) is 4.79 Å². The van der Waals surface area contributed by atoms with Crippen molar-refractivity contribution < 1.29 is 19.0 Å². The van der Waals surface area contributed by atoms with E-state index in [2.05, 4.69) is 17.4 Å². The zero-order valence-electron chi connectivity index (χ0n) is 18.0. The maximum absolute atomic E-state index is 12.8. The Morgan fingerprint density at radius 3 is 2.65 bits per heavy atom. The molecule has 0 saturated carbocycles. The predicted octanol–water partition coefficient (Wildman–Crippen LogP) is 5.49. The maximum Gasteiger partial charge on any atom is 0.348 e. The highest BCUT2D eigenvalue weighted by atomic mass is 32.1. The molecule has 3 aromatic rings. The number of esters is 1. The van der Waals surface area contributed by atoms with E-state index < -0.39 is 17.8 Å². The van der Waals surface area contributed by atoms with Crippen LogP contribution in [0.4, 0.5) is 5.69 Å². The molecule has 0 saturated heterocycles. The fourth-order valence-corrected chi connectivity index (χ4v) is 4.39. The highest BCUT2D eigenvalue weighted by Gasteiger charge is 2.47. The number of anilines is 1. The van der Waals surface area contributed by atoms with Gasteiger partial charge < -0.3 is 19.5 Å². The quantitative estimate of drug-likeness (QED) is 0.496. The Balaban J connectivity index is 1.62. The van der Waals surface area contributed by atoms with E-state index in [0.29, 0.717) is 11.5 Å². The van der Waals surface area contributed by atoms with Crippen LogP contribution in [0.3, 0.4) is 0 Å². The summed E-state index contributed by atoms with van der Waals surface area (Å²) in [5, 5.41) is 5.02. The van der Waals surface area contributed by atoms with Crippen LogP contribution < -0.4 is 10.1 Å². The lowest BCUT2D eigenvalue weighted by molar-refractivity contribution is -0.139. The molecule has 0 amide bonds. The summed E-state index contributed by atoms with van der Waals surface area (Å²) in [5.74, 6) is 0.388.